The number of sulfone groups is 1. The fourth-order valence-electron chi connectivity index (χ4n) is 2.55. The molecule has 0 aliphatic carbocycles. The number of halogens is 1. The lowest BCUT2D eigenvalue weighted by Gasteiger charge is -2.09. The summed E-state index contributed by atoms with van der Waals surface area (Å²) >= 11 is 0. The zero-order valence-corrected chi connectivity index (χ0v) is 14.1. The molecule has 1 aliphatic heterocycles. The SMILES string of the molecule is CS(=O)(=O)c1ccc(CNC(=O)c2cc3c(cc2F)COB3O)cc1. The van der Waals surface area contributed by atoms with Gasteiger partial charge in [-0.3, -0.25) is 4.79 Å². The number of hydrogen-bond donors (Lipinski definition) is 2. The van der Waals surface area contributed by atoms with Gasteiger partial charge < -0.3 is 15.0 Å². The second kappa shape index (κ2) is 6.59. The largest absolute Gasteiger partial charge is 0.491 e. The van der Waals surface area contributed by atoms with Crippen LogP contribution in [0.15, 0.2) is 41.3 Å². The lowest BCUT2D eigenvalue weighted by molar-refractivity contribution is 0.0947. The monoisotopic (exact) mass is 363 g/mol. The predicted molar refractivity (Wildman–Crippen MR) is 89.5 cm³/mol. The molecule has 2 N–H and O–H groups in total. The Morgan fingerprint density at radius 1 is 1.32 bits per heavy atom. The van der Waals surface area contributed by atoms with E-state index in [4.69, 9.17) is 4.65 Å². The van der Waals surface area contributed by atoms with Gasteiger partial charge in [-0.05, 0) is 40.9 Å². The maximum atomic E-state index is 14.1. The smallest absolute Gasteiger partial charge is 0.423 e. The number of carbonyl (C=O) groups excluding carboxylic acids is 1. The van der Waals surface area contributed by atoms with Gasteiger partial charge in [0.2, 0.25) is 0 Å². The molecule has 2 aromatic rings. The highest BCUT2D eigenvalue weighted by Gasteiger charge is 2.29. The molecule has 0 spiro atoms. The first kappa shape index (κ1) is 17.6. The van der Waals surface area contributed by atoms with Crippen LogP contribution in [-0.2, 0) is 27.6 Å². The molecule has 0 saturated heterocycles. The minimum absolute atomic E-state index is 0.0992. The number of rotatable bonds is 4. The Hall–Kier alpha value is -2.23. The van der Waals surface area contributed by atoms with Crippen molar-refractivity contribution >= 4 is 28.3 Å². The highest BCUT2D eigenvalue weighted by atomic mass is 32.2. The molecule has 1 amide bonds. The van der Waals surface area contributed by atoms with E-state index in [0.29, 0.717) is 16.6 Å². The number of benzene rings is 2. The molecular formula is C16H15BFNO5S. The van der Waals surface area contributed by atoms with E-state index in [9.17, 15) is 22.6 Å². The molecule has 0 atom stereocenters. The molecule has 0 bridgehead atoms. The second-order valence-electron chi connectivity index (χ2n) is 5.79. The van der Waals surface area contributed by atoms with Crippen molar-refractivity contribution in [1.29, 1.82) is 0 Å². The molecule has 9 heteroatoms. The van der Waals surface area contributed by atoms with Gasteiger partial charge in [-0.1, -0.05) is 12.1 Å². The van der Waals surface area contributed by atoms with E-state index < -0.39 is 28.7 Å². The first-order valence-corrected chi connectivity index (χ1v) is 9.34. The summed E-state index contributed by atoms with van der Waals surface area (Å²) in [6.45, 7) is 0.209. The summed E-state index contributed by atoms with van der Waals surface area (Å²) in [7, 11) is -4.44. The van der Waals surface area contributed by atoms with Gasteiger partial charge in [-0.15, -0.1) is 0 Å². The fourth-order valence-corrected chi connectivity index (χ4v) is 3.18. The van der Waals surface area contributed by atoms with E-state index in [1.165, 1.54) is 24.3 Å². The van der Waals surface area contributed by atoms with E-state index in [1.807, 2.05) is 0 Å². The highest BCUT2D eigenvalue weighted by molar-refractivity contribution is 7.90. The van der Waals surface area contributed by atoms with Crippen molar-refractivity contribution in [2.45, 2.75) is 18.0 Å². The van der Waals surface area contributed by atoms with Crippen LogP contribution in [-0.4, -0.2) is 32.7 Å². The van der Waals surface area contributed by atoms with Crippen molar-refractivity contribution in [3.63, 3.8) is 0 Å². The van der Waals surface area contributed by atoms with Gasteiger partial charge >= 0.3 is 7.12 Å². The Balaban J connectivity index is 1.72. The number of amides is 1. The summed E-state index contributed by atoms with van der Waals surface area (Å²) in [5.74, 6) is -1.33. The van der Waals surface area contributed by atoms with Gasteiger partial charge in [-0.2, -0.15) is 0 Å². The summed E-state index contributed by atoms with van der Waals surface area (Å²) in [4.78, 5) is 12.4. The topological polar surface area (TPSA) is 92.7 Å². The zero-order chi connectivity index (χ0) is 18.2. The summed E-state index contributed by atoms with van der Waals surface area (Å²) in [6.07, 6.45) is 1.11. The number of nitrogens with one attached hydrogen (secondary N) is 1. The van der Waals surface area contributed by atoms with Crippen molar-refractivity contribution in [2.24, 2.45) is 0 Å². The zero-order valence-electron chi connectivity index (χ0n) is 13.3. The standard InChI is InChI=1S/C16H15BFNO5S/c1-25(22,23)12-4-2-10(3-5-12)8-19-16(20)13-7-14-11(6-15(13)18)9-24-17(14)21/h2-7,21H,8-9H2,1H3,(H,19,20). The Labute approximate surface area is 144 Å². The Bertz CT molecular complexity index is 930. The molecular weight excluding hydrogens is 348 g/mol. The van der Waals surface area contributed by atoms with Crippen molar-refractivity contribution in [3.8, 4) is 0 Å². The first-order chi connectivity index (χ1) is 11.8. The van der Waals surface area contributed by atoms with Gasteiger partial charge in [0.25, 0.3) is 5.91 Å². The van der Waals surface area contributed by atoms with Crippen LogP contribution in [0.5, 0.6) is 0 Å². The molecule has 25 heavy (non-hydrogen) atoms. The van der Waals surface area contributed by atoms with Crippen molar-refractivity contribution in [2.75, 3.05) is 6.26 Å². The van der Waals surface area contributed by atoms with Crippen LogP contribution in [0.1, 0.15) is 21.5 Å². The van der Waals surface area contributed by atoms with Crippen LogP contribution in [0.3, 0.4) is 0 Å². The van der Waals surface area contributed by atoms with E-state index in [-0.39, 0.29) is 23.6 Å². The Morgan fingerprint density at radius 3 is 2.64 bits per heavy atom. The average Bonchev–Trinajstić information content (AvgIpc) is 2.91. The van der Waals surface area contributed by atoms with E-state index >= 15 is 0 Å². The summed E-state index contributed by atoms with van der Waals surface area (Å²) in [5, 5.41) is 12.2. The van der Waals surface area contributed by atoms with Gasteiger partial charge in [0, 0.05) is 12.8 Å². The van der Waals surface area contributed by atoms with Crippen LogP contribution in [0.4, 0.5) is 4.39 Å². The van der Waals surface area contributed by atoms with Crippen LogP contribution in [0, 0.1) is 5.82 Å². The van der Waals surface area contributed by atoms with Gasteiger partial charge in [0.15, 0.2) is 9.84 Å². The third-order valence-corrected chi connectivity index (χ3v) is 5.07. The van der Waals surface area contributed by atoms with Gasteiger partial charge in [0.1, 0.15) is 5.82 Å². The maximum Gasteiger partial charge on any atom is 0.491 e. The number of carbonyl (C=O) groups is 1. The minimum atomic E-state index is -3.28. The van der Waals surface area contributed by atoms with Gasteiger partial charge in [-0.25, -0.2) is 12.8 Å². The quantitative estimate of drug-likeness (QED) is 0.767. The normalized spacial score (nSPS) is 13.6. The van der Waals surface area contributed by atoms with E-state index in [2.05, 4.69) is 5.32 Å². The first-order valence-electron chi connectivity index (χ1n) is 7.45. The molecule has 0 unspecified atom stereocenters. The molecule has 1 aliphatic rings. The molecule has 6 nitrogen and oxygen atoms in total. The van der Waals surface area contributed by atoms with Crippen molar-refractivity contribution in [3.05, 3.63) is 58.9 Å². The minimum Gasteiger partial charge on any atom is -0.423 e. The summed E-state index contributed by atoms with van der Waals surface area (Å²) < 4.78 is 41.9. The van der Waals surface area contributed by atoms with Crippen LogP contribution >= 0.6 is 0 Å². The summed E-state index contributed by atoms with van der Waals surface area (Å²) in [6, 6.07) is 8.51. The highest BCUT2D eigenvalue weighted by Crippen LogP contribution is 2.16. The lowest BCUT2D eigenvalue weighted by Crippen LogP contribution is -2.31. The number of fused-ring (bicyclic) bond motifs is 1. The Morgan fingerprint density at radius 2 is 2.00 bits per heavy atom. The second-order valence-corrected chi connectivity index (χ2v) is 7.81. The third-order valence-electron chi connectivity index (χ3n) is 3.94. The maximum absolute atomic E-state index is 14.1. The molecule has 2 aromatic carbocycles. The van der Waals surface area contributed by atoms with Gasteiger partial charge in [0.05, 0.1) is 17.1 Å². The molecule has 0 fully saturated rings. The fraction of sp³-hybridized carbons (Fsp3) is 0.188. The molecule has 1 heterocycles. The molecule has 130 valence electrons. The lowest BCUT2D eigenvalue weighted by atomic mass is 9.78. The Kier molecular flexibility index (Phi) is 4.63. The number of hydrogen-bond acceptors (Lipinski definition) is 5. The molecule has 0 saturated carbocycles. The van der Waals surface area contributed by atoms with E-state index in [0.717, 1.165) is 6.26 Å². The van der Waals surface area contributed by atoms with Crippen LogP contribution in [0.25, 0.3) is 0 Å². The molecule has 0 aromatic heterocycles. The molecule has 0 radical (unpaired) electrons. The van der Waals surface area contributed by atoms with Crippen molar-refractivity contribution < 1.29 is 27.3 Å². The molecule has 3 rings (SSSR count). The summed E-state index contributed by atoms with van der Waals surface area (Å²) in [5.41, 5.74) is 1.38. The van der Waals surface area contributed by atoms with E-state index in [1.54, 1.807) is 12.1 Å². The van der Waals surface area contributed by atoms with Crippen molar-refractivity contribution in [1.82, 2.24) is 5.32 Å². The average molecular weight is 363 g/mol. The predicted octanol–water partition coefficient (Wildman–Crippen LogP) is 0.377. The van der Waals surface area contributed by atoms with Crippen LogP contribution in [0.2, 0.25) is 0 Å². The van der Waals surface area contributed by atoms with Crippen LogP contribution < -0.4 is 10.8 Å². The third kappa shape index (κ3) is 3.73.